The van der Waals surface area contributed by atoms with Crippen LogP contribution in [0.5, 0.6) is 5.75 Å². The van der Waals surface area contributed by atoms with Gasteiger partial charge >= 0.3 is 12.2 Å². The number of halogens is 4. The Hall–Kier alpha value is -5.23. The van der Waals surface area contributed by atoms with Gasteiger partial charge in [-0.1, -0.05) is 17.8 Å². The summed E-state index contributed by atoms with van der Waals surface area (Å²) in [6.07, 6.45) is -4.17. The van der Waals surface area contributed by atoms with Crippen LogP contribution in [0.4, 0.5) is 33.7 Å². The fourth-order valence-corrected chi connectivity index (χ4v) is 4.94. The number of alkyl halides is 3. The molecule has 0 unspecified atom stereocenters. The zero-order chi connectivity index (χ0) is 31.4. The summed E-state index contributed by atoms with van der Waals surface area (Å²) >= 11 is 0.943. The number of aryl methyl sites for hydroxylation is 1. The number of urea groups is 1. The van der Waals surface area contributed by atoms with Gasteiger partial charge in [-0.05, 0) is 67.1 Å². The highest BCUT2D eigenvalue weighted by Crippen LogP contribution is 2.36. The van der Waals surface area contributed by atoms with Gasteiger partial charge in [-0.2, -0.15) is 23.4 Å². The molecule has 1 aliphatic rings. The van der Waals surface area contributed by atoms with Crippen molar-refractivity contribution in [3.63, 3.8) is 0 Å². The van der Waals surface area contributed by atoms with E-state index in [1.54, 1.807) is 37.3 Å². The third-order valence-corrected chi connectivity index (χ3v) is 7.11. The molecule has 0 bridgehead atoms. The van der Waals surface area contributed by atoms with Crippen LogP contribution in [-0.4, -0.2) is 50.4 Å². The Kier molecular flexibility index (Phi) is 8.63. The zero-order valence-corrected chi connectivity index (χ0v) is 23.6. The van der Waals surface area contributed by atoms with Crippen molar-refractivity contribution in [3.05, 3.63) is 83.9 Å². The van der Waals surface area contributed by atoms with Crippen LogP contribution in [0.25, 0.3) is 17.1 Å². The van der Waals surface area contributed by atoms with Crippen molar-refractivity contribution in [1.29, 1.82) is 5.26 Å². The van der Waals surface area contributed by atoms with Crippen molar-refractivity contribution in [3.8, 4) is 28.9 Å². The number of carbonyl (C=O) groups is 2. The molecular formula is C29H21F4N7O3S. The van der Waals surface area contributed by atoms with Gasteiger partial charge in [-0.25, -0.2) is 18.9 Å². The number of anilines is 2. The Balaban J connectivity index is 1.31. The van der Waals surface area contributed by atoms with Crippen LogP contribution in [-0.2, 0) is 4.79 Å². The Labute approximate surface area is 252 Å². The molecule has 44 heavy (non-hydrogen) atoms. The summed E-state index contributed by atoms with van der Waals surface area (Å²) in [5.41, 5.74) is 2.10. The van der Waals surface area contributed by atoms with Crippen LogP contribution < -0.4 is 15.0 Å². The maximum atomic E-state index is 15.0. The number of rotatable bonds is 7. The fraction of sp³-hybridized carbons (Fsp3) is 0.172. The summed E-state index contributed by atoms with van der Waals surface area (Å²) in [5.74, 6) is -1.10. The lowest BCUT2D eigenvalue weighted by molar-refractivity contribution is -0.139. The lowest BCUT2D eigenvalue weighted by Gasteiger charge is -2.20. The molecule has 0 radical (unpaired) electrons. The van der Waals surface area contributed by atoms with Crippen molar-refractivity contribution < 1.29 is 31.9 Å². The molecule has 1 fully saturated rings. The minimum atomic E-state index is -4.42. The highest BCUT2D eigenvalue weighted by molar-refractivity contribution is 8.15. The molecule has 15 heteroatoms. The quantitative estimate of drug-likeness (QED) is 0.241. The van der Waals surface area contributed by atoms with E-state index in [2.05, 4.69) is 20.4 Å². The maximum Gasteiger partial charge on any atom is 0.392 e. The SMILES string of the molecule is Cc1ccc(OCCC(F)(F)F)c(N2C(=O)CSC2=NC(=O)Nc2ccc(-c3ncn(-c4ccc(C#N)cc4)n3)cc2F)c1. The van der Waals surface area contributed by atoms with Gasteiger partial charge in [-0.3, -0.25) is 9.69 Å². The Morgan fingerprint density at radius 1 is 1.16 bits per heavy atom. The number of amidine groups is 1. The normalized spacial score (nSPS) is 14.1. The van der Waals surface area contributed by atoms with Crippen LogP contribution in [0.1, 0.15) is 17.5 Å². The molecule has 4 aromatic rings. The number of nitrogens with one attached hydrogen (secondary N) is 1. The van der Waals surface area contributed by atoms with Crippen molar-refractivity contribution in [2.75, 3.05) is 22.6 Å². The van der Waals surface area contributed by atoms with Gasteiger partial charge in [0.1, 0.15) is 17.9 Å². The average molecular weight is 624 g/mol. The number of ether oxygens (including phenoxy) is 1. The van der Waals surface area contributed by atoms with Gasteiger partial charge in [0.05, 0.1) is 47.5 Å². The maximum absolute atomic E-state index is 15.0. The summed E-state index contributed by atoms with van der Waals surface area (Å²) < 4.78 is 59.7. The largest absolute Gasteiger partial charge is 0.491 e. The molecule has 1 N–H and O–H groups in total. The summed E-state index contributed by atoms with van der Waals surface area (Å²) in [4.78, 5) is 34.7. The number of hydrogen-bond donors (Lipinski definition) is 1. The minimum Gasteiger partial charge on any atom is -0.491 e. The van der Waals surface area contributed by atoms with E-state index in [1.807, 2.05) is 6.07 Å². The van der Waals surface area contributed by atoms with Crippen molar-refractivity contribution in [2.45, 2.75) is 19.5 Å². The summed E-state index contributed by atoms with van der Waals surface area (Å²) in [6.45, 7) is 1.06. The number of nitrogens with zero attached hydrogens (tertiary/aromatic N) is 6. The van der Waals surface area contributed by atoms with Crippen LogP contribution >= 0.6 is 11.8 Å². The van der Waals surface area contributed by atoms with E-state index in [9.17, 15) is 22.8 Å². The second-order valence-corrected chi connectivity index (χ2v) is 10.3. The highest BCUT2D eigenvalue weighted by atomic mass is 32.2. The van der Waals surface area contributed by atoms with E-state index in [1.165, 1.54) is 35.3 Å². The van der Waals surface area contributed by atoms with Gasteiger partial charge in [0, 0.05) is 5.56 Å². The molecule has 0 saturated carbocycles. The predicted molar refractivity (Wildman–Crippen MR) is 155 cm³/mol. The topological polar surface area (TPSA) is 125 Å². The van der Waals surface area contributed by atoms with Crippen LogP contribution in [0, 0.1) is 24.1 Å². The van der Waals surface area contributed by atoms with E-state index >= 15 is 4.39 Å². The molecule has 0 atom stereocenters. The lowest BCUT2D eigenvalue weighted by Crippen LogP contribution is -2.31. The number of aliphatic imine (C=N–C) groups is 1. The molecule has 5 rings (SSSR count). The second kappa shape index (κ2) is 12.6. The molecule has 224 valence electrons. The number of thioether (sulfide) groups is 1. The van der Waals surface area contributed by atoms with Gasteiger partial charge in [0.2, 0.25) is 5.91 Å². The number of benzene rings is 3. The molecule has 1 aliphatic heterocycles. The third-order valence-electron chi connectivity index (χ3n) is 6.18. The molecule has 3 amide bonds. The van der Waals surface area contributed by atoms with Crippen LogP contribution in [0.2, 0.25) is 0 Å². The molecule has 3 aromatic carbocycles. The predicted octanol–water partition coefficient (Wildman–Crippen LogP) is 6.25. The van der Waals surface area contributed by atoms with E-state index in [4.69, 9.17) is 10.00 Å². The van der Waals surface area contributed by atoms with E-state index in [0.717, 1.165) is 22.7 Å². The number of amides is 3. The summed E-state index contributed by atoms with van der Waals surface area (Å²) in [5, 5.41) is 15.6. The smallest absolute Gasteiger partial charge is 0.392 e. The summed E-state index contributed by atoms with van der Waals surface area (Å²) in [7, 11) is 0. The first kappa shape index (κ1) is 30.2. The molecule has 2 heterocycles. The Morgan fingerprint density at radius 2 is 1.93 bits per heavy atom. The molecule has 1 saturated heterocycles. The van der Waals surface area contributed by atoms with Gasteiger partial charge in [0.25, 0.3) is 0 Å². The Bertz CT molecular complexity index is 1800. The number of nitriles is 1. The first-order valence-corrected chi connectivity index (χ1v) is 13.9. The van der Waals surface area contributed by atoms with E-state index < -0.39 is 37.0 Å². The fourth-order valence-electron chi connectivity index (χ4n) is 4.08. The molecular weight excluding hydrogens is 602 g/mol. The van der Waals surface area contributed by atoms with E-state index in [-0.39, 0.29) is 33.9 Å². The van der Waals surface area contributed by atoms with Gasteiger partial charge in [-0.15, -0.1) is 5.10 Å². The molecule has 0 aliphatic carbocycles. The average Bonchev–Trinajstić information content (AvgIpc) is 3.61. The first-order chi connectivity index (χ1) is 21.0. The van der Waals surface area contributed by atoms with Crippen molar-refractivity contribution in [2.24, 2.45) is 4.99 Å². The number of aromatic nitrogens is 3. The number of hydrogen-bond acceptors (Lipinski definition) is 7. The number of carbonyl (C=O) groups excluding carboxylic acids is 2. The molecule has 1 aromatic heterocycles. The van der Waals surface area contributed by atoms with Crippen LogP contribution in [0.15, 0.2) is 72.0 Å². The molecule has 0 spiro atoms. The van der Waals surface area contributed by atoms with Crippen molar-refractivity contribution in [1.82, 2.24) is 14.8 Å². The standard InChI is InChI=1S/C29H21F4N7O3S/c1-17-2-9-24(43-11-10-29(31,32)33)23(12-17)40-25(41)15-44-28(40)37-27(42)36-22-8-5-19(13-21(22)30)26-35-16-39(38-26)20-6-3-18(14-34)4-7-20/h2-9,12-13,16H,10-11,15H2,1H3,(H,36,42). The monoisotopic (exact) mass is 623 g/mol. The minimum absolute atomic E-state index is 0.0145. The van der Waals surface area contributed by atoms with Crippen LogP contribution in [0.3, 0.4) is 0 Å². The van der Waals surface area contributed by atoms with Crippen molar-refractivity contribution >= 4 is 40.2 Å². The zero-order valence-electron chi connectivity index (χ0n) is 22.8. The Morgan fingerprint density at radius 3 is 2.64 bits per heavy atom. The van der Waals surface area contributed by atoms with E-state index in [0.29, 0.717) is 22.4 Å². The first-order valence-electron chi connectivity index (χ1n) is 12.9. The molecule has 10 nitrogen and oxygen atoms in total. The highest BCUT2D eigenvalue weighted by Gasteiger charge is 2.33. The second-order valence-electron chi connectivity index (χ2n) is 9.39. The third kappa shape index (κ3) is 7.04. The van der Waals surface area contributed by atoms with Gasteiger partial charge in [0.15, 0.2) is 11.0 Å². The van der Waals surface area contributed by atoms with Gasteiger partial charge < -0.3 is 10.1 Å². The lowest BCUT2D eigenvalue weighted by atomic mass is 10.2. The summed E-state index contributed by atoms with van der Waals surface area (Å²) in [6, 6.07) is 16.2.